The molecule has 0 aliphatic carbocycles. The van der Waals surface area contributed by atoms with Crippen LogP contribution in [0.1, 0.15) is 5.69 Å². The number of pyridine rings is 1. The maximum Gasteiger partial charge on any atom is 0.264 e. The largest absolute Gasteiger partial charge is 0.466 e. The fourth-order valence-electron chi connectivity index (χ4n) is 1.66. The maximum atomic E-state index is 11.0. The van der Waals surface area contributed by atoms with Crippen molar-refractivity contribution in [3.05, 3.63) is 34.4 Å². The average molecular weight is 376 g/mol. The van der Waals surface area contributed by atoms with Crippen molar-refractivity contribution >= 4 is 37.0 Å². The number of nitrogens with zero attached hydrogens (tertiary/aromatic N) is 1. The summed E-state index contributed by atoms with van der Waals surface area (Å²) in [6.45, 7) is 0.0192. The molecule has 0 radical (unpaired) electrons. The molecule has 6 nitrogen and oxygen atoms in total. The van der Waals surface area contributed by atoms with E-state index >= 15 is 0 Å². The van der Waals surface area contributed by atoms with Crippen LogP contribution in [0.5, 0.6) is 5.75 Å². The minimum absolute atomic E-state index is 0.107. The number of methoxy groups -OCH3 is 1. The Morgan fingerprint density at radius 3 is 2.62 bits per heavy atom. The van der Waals surface area contributed by atoms with Crippen molar-refractivity contribution in [3.8, 4) is 5.75 Å². The minimum atomic E-state index is -3.50. The molecule has 21 heavy (non-hydrogen) atoms. The van der Waals surface area contributed by atoms with Crippen LogP contribution < -0.4 is 4.74 Å². The van der Waals surface area contributed by atoms with E-state index in [9.17, 15) is 8.42 Å². The molecule has 0 spiro atoms. The van der Waals surface area contributed by atoms with Crippen LogP contribution in [0, 0.1) is 0 Å². The van der Waals surface area contributed by atoms with Crippen LogP contribution in [0.3, 0.4) is 0 Å². The summed E-state index contributed by atoms with van der Waals surface area (Å²) in [5.41, 5.74) is 1.18. The summed E-state index contributed by atoms with van der Waals surface area (Å²) >= 11 is 3.43. The van der Waals surface area contributed by atoms with Gasteiger partial charge in [-0.3, -0.25) is 4.18 Å². The van der Waals surface area contributed by atoms with E-state index in [0.29, 0.717) is 21.4 Å². The van der Waals surface area contributed by atoms with E-state index in [0.717, 1.165) is 11.6 Å². The topological polar surface area (TPSA) is 74.7 Å². The van der Waals surface area contributed by atoms with Gasteiger partial charge in [-0.05, 0) is 34.1 Å². The third-order valence-corrected chi connectivity index (χ3v) is 3.89. The molecule has 1 aromatic heterocycles. The molecule has 1 aromatic carbocycles. The molecule has 2 rings (SSSR count). The van der Waals surface area contributed by atoms with E-state index in [1.54, 1.807) is 12.1 Å². The minimum Gasteiger partial charge on any atom is -0.466 e. The molecular weight excluding hydrogens is 362 g/mol. The summed E-state index contributed by atoms with van der Waals surface area (Å²) < 4.78 is 37.7. The monoisotopic (exact) mass is 375 g/mol. The van der Waals surface area contributed by atoms with Crippen molar-refractivity contribution in [1.29, 1.82) is 0 Å². The predicted molar refractivity (Wildman–Crippen MR) is 81.6 cm³/mol. The molecule has 2 aromatic rings. The van der Waals surface area contributed by atoms with Gasteiger partial charge < -0.3 is 9.47 Å². The molecular formula is C13H14BrNO5S. The molecule has 114 valence electrons. The molecule has 8 heteroatoms. The Bertz CT molecular complexity index is 748. The van der Waals surface area contributed by atoms with Gasteiger partial charge in [0.15, 0.2) is 6.79 Å². The first-order valence-corrected chi connectivity index (χ1v) is 8.56. The molecule has 0 aliphatic rings. The molecule has 0 saturated heterocycles. The highest BCUT2D eigenvalue weighted by Gasteiger charge is 2.10. The lowest BCUT2D eigenvalue weighted by atomic mass is 10.2. The first kappa shape index (κ1) is 16.2. The van der Waals surface area contributed by atoms with Crippen LogP contribution in [0.2, 0.25) is 0 Å². The SMILES string of the molecule is COCOc1ccc2ccc(COS(C)(=O)=O)nc2c1Br. The second-order valence-electron chi connectivity index (χ2n) is 4.27. The summed E-state index contributed by atoms with van der Waals surface area (Å²) in [5, 5.41) is 0.898. The Hall–Kier alpha value is -1.22. The Labute approximate surface area is 131 Å². The molecule has 0 fully saturated rings. The van der Waals surface area contributed by atoms with Crippen LogP contribution in [0.15, 0.2) is 28.7 Å². The number of hydrogen-bond donors (Lipinski definition) is 0. The van der Waals surface area contributed by atoms with Crippen LogP contribution in [0.4, 0.5) is 0 Å². The summed E-state index contributed by atoms with van der Waals surface area (Å²) in [4.78, 5) is 4.39. The van der Waals surface area contributed by atoms with Gasteiger partial charge >= 0.3 is 0 Å². The molecule has 0 amide bonds. The van der Waals surface area contributed by atoms with Crippen molar-refractivity contribution in [2.24, 2.45) is 0 Å². The molecule has 0 N–H and O–H groups in total. The number of hydrogen-bond acceptors (Lipinski definition) is 6. The van der Waals surface area contributed by atoms with E-state index in [4.69, 9.17) is 13.7 Å². The van der Waals surface area contributed by atoms with E-state index in [-0.39, 0.29) is 13.4 Å². The van der Waals surface area contributed by atoms with Gasteiger partial charge in [-0.25, -0.2) is 4.98 Å². The number of halogens is 1. The van der Waals surface area contributed by atoms with E-state index in [2.05, 4.69) is 20.9 Å². The van der Waals surface area contributed by atoms with E-state index in [1.165, 1.54) is 7.11 Å². The average Bonchev–Trinajstić information content (AvgIpc) is 2.44. The van der Waals surface area contributed by atoms with Crippen LogP contribution in [-0.2, 0) is 25.6 Å². The lowest BCUT2D eigenvalue weighted by Crippen LogP contribution is -2.04. The Morgan fingerprint density at radius 2 is 1.95 bits per heavy atom. The van der Waals surface area contributed by atoms with Crippen LogP contribution in [0.25, 0.3) is 10.9 Å². The number of fused-ring (bicyclic) bond motifs is 1. The Morgan fingerprint density at radius 1 is 1.24 bits per heavy atom. The molecule has 0 aliphatic heterocycles. The highest BCUT2D eigenvalue weighted by molar-refractivity contribution is 9.10. The molecule has 0 atom stereocenters. The zero-order valence-electron chi connectivity index (χ0n) is 11.5. The third-order valence-electron chi connectivity index (χ3n) is 2.58. The van der Waals surface area contributed by atoms with Gasteiger partial charge in [0, 0.05) is 12.5 Å². The Balaban J connectivity index is 2.33. The van der Waals surface area contributed by atoms with Crippen molar-refractivity contribution in [2.75, 3.05) is 20.2 Å². The highest BCUT2D eigenvalue weighted by Crippen LogP contribution is 2.32. The normalized spacial score (nSPS) is 11.8. The van der Waals surface area contributed by atoms with Gasteiger partial charge in [0.2, 0.25) is 0 Å². The zero-order valence-corrected chi connectivity index (χ0v) is 13.9. The van der Waals surface area contributed by atoms with E-state index < -0.39 is 10.1 Å². The fraction of sp³-hybridized carbons (Fsp3) is 0.308. The second-order valence-corrected chi connectivity index (χ2v) is 6.71. The number of aromatic nitrogens is 1. The summed E-state index contributed by atoms with van der Waals surface area (Å²) in [6.07, 6.45) is 1.00. The smallest absolute Gasteiger partial charge is 0.264 e. The number of benzene rings is 1. The van der Waals surface area contributed by atoms with Gasteiger partial charge in [-0.1, -0.05) is 6.07 Å². The standard InChI is InChI=1S/C13H14BrNO5S/c1-18-8-19-11-6-4-9-3-5-10(7-20-21(2,16)17)15-13(9)12(11)14/h3-6H,7-8H2,1-2H3. The van der Waals surface area contributed by atoms with Gasteiger partial charge in [0.25, 0.3) is 10.1 Å². The van der Waals surface area contributed by atoms with E-state index in [1.807, 2.05) is 12.1 Å². The summed E-state index contributed by atoms with van der Waals surface area (Å²) in [6, 6.07) is 7.23. The quantitative estimate of drug-likeness (QED) is 0.570. The highest BCUT2D eigenvalue weighted by atomic mass is 79.9. The molecule has 1 heterocycles. The molecule has 0 unspecified atom stereocenters. The van der Waals surface area contributed by atoms with Crippen LogP contribution in [-0.4, -0.2) is 33.6 Å². The maximum absolute atomic E-state index is 11.0. The number of rotatable bonds is 6. The summed E-state index contributed by atoms with van der Waals surface area (Å²) in [5.74, 6) is 0.595. The second kappa shape index (κ2) is 6.69. The first-order valence-electron chi connectivity index (χ1n) is 5.95. The van der Waals surface area contributed by atoms with Crippen molar-refractivity contribution < 1.29 is 22.1 Å². The lowest BCUT2D eigenvalue weighted by Gasteiger charge is -2.10. The van der Waals surface area contributed by atoms with Crippen LogP contribution >= 0.6 is 15.9 Å². The van der Waals surface area contributed by atoms with Crippen molar-refractivity contribution in [3.63, 3.8) is 0 Å². The van der Waals surface area contributed by atoms with Gasteiger partial charge in [-0.2, -0.15) is 8.42 Å². The summed E-state index contributed by atoms with van der Waals surface area (Å²) in [7, 11) is -1.96. The molecule has 0 bridgehead atoms. The first-order chi connectivity index (χ1) is 9.90. The predicted octanol–water partition coefficient (Wildman–Crippen LogP) is 2.46. The zero-order chi connectivity index (χ0) is 15.5. The lowest BCUT2D eigenvalue weighted by molar-refractivity contribution is 0.0507. The third kappa shape index (κ3) is 4.37. The van der Waals surface area contributed by atoms with Crippen molar-refractivity contribution in [2.45, 2.75) is 6.61 Å². The Kier molecular flexibility index (Phi) is 5.15. The van der Waals surface area contributed by atoms with Crippen molar-refractivity contribution in [1.82, 2.24) is 4.98 Å². The fourth-order valence-corrected chi connectivity index (χ4v) is 2.56. The van der Waals surface area contributed by atoms with Gasteiger partial charge in [0.1, 0.15) is 12.4 Å². The van der Waals surface area contributed by atoms with Gasteiger partial charge in [0.05, 0.1) is 21.9 Å². The number of ether oxygens (including phenoxy) is 2. The van der Waals surface area contributed by atoms with Gasteiger partial charge in [-0.15, -0.1) is 0 Å². The molecule has 0 saturated carbocycles.